The number of hydrogen-bond donors (Lipinski definition) is 0. The van der Waals surface area contributed by atoms with Gasteiger partial charge in [0.25, 0.3) is 0 Å². The van der Waals surface area contributed by atoms with Crippen LogP contribution in [0.5, 0.6) is 0 Å². The predicted octanol–water partition coefficient (Wildman–Crippen LogP) is 5.95. The first-order chi connectivity index (χ1) is 7.81. The van der Waals surface area contributed by atoms with E-state index in [0.717, 1.165) is 0 Å². The van der Waals surface area contributed by atoms with Crippen molar-refractivity contribution in [1.29, 1.82) is 0 Å². The molecule has 0 atom stereocenters. The largest absolute Gasteiger partial charge is 0.127 e. The molecule has 0 heterocycles. The Morgan fingerprint density at radius 2 is 1.69 bits per heavy atom. The van der Waals surface area contributed by atoms with Gasteiger partial charge in [-0.15, -0.1) is 11.8 Å². The molecule has 0 fully saturated rings. The van der Waals surface area contributed by atoms with Crippen molar-refractivity contribution in [2.75, 3.05) is 5.75 Å². The van der Waals surface area contributed by atoms with Crippen LogP contribution in [0.15, 0.2) is 23.6 Å². The van der Waals surface area contributed by atoms with E-state index in [4.69, 9.17) is 0 Å². The monoisotopic (exact) mass is 240 g/mol. The third-order valence-electron chi connectivity index (χ3n) is 2.56. The molecule has 0 saturated carbocycles. The molecule has 0 spiro atoms. The van der Waals surface area contributed by atoms with Crippen molar-refractivity contribution < 1.29 is 0 Å². The maximum absolute atomic E-state index is 4.05. The lowest BCUT2D eigenvalue weighted by atomic mass is 10.1. The quantitative estimate of drug-likeness (QED) is 0.317. The minimum atomic E-state index is 1.22. The fourth-order valence-corrected chi connectivity index (χ4v) is 2.36. The number of unbranched alkanes of at least 4 members (excludes halogenated alkanes) is 6. The van der Waals surface area contributed by atoms with Crippen LogP contribution in [-0.2, 0) is 0 Å². The zero-order valence-electron chi connectivity index (χ0n) is 11.1. The van der Waals surface area contributed by atoms with Crippen LogP contribution in [0.3, 0.4) is 0 Å². The van der Waals surface area contributed by atoms with Crippen LogP contribution in [0.2, 0.25) is 0 Å². The number of thioether (sulfide) groups is 1. The Morgan fingerprint density at radius 1 is 1.00 bits per heavy atom. The van der Waals surface area contributed by atoms with Crippen LogP contribution >= 0.6 is 11.8 Å². The van der Waals surface area contributed by atoms with E-state index < -0.39 is 0 Å². The van der Waals surface area contributed by atoms with E-state index in [0.29, 0.717) is 0 Å². The fraction of sp³-hybridized carbons (Fsp3) is 0.733. The van der Waals surface area contributed by atoms with Gasteiger partial charge in [0.2, 0.25) is 0 Å². The second kappa shape index (κ2) is 12.9. The van der Waals surface area contributed by atoms with E-state index in [1.807, 2.05) is 11.8 Å². The Balaban J connectivity index is 3.28. The molecule has 0 nitrogen and oxygen atoms in total. The van der Waals surface area contributed by atoms with Gasteiger partial charge >= 0.3 is 0 Å². The fourth-order valence-electron chi connectivity index (χ4n) is 1.48. The van der Waals surface area contributed by atoms with Gasteiger partial charge in [0.05, 0.1) is 0 Å². The average molecular weight is 240 g/mol. The van der Waals surface area contributed by atoms with Crippen molar-refractivity contribution in [3.05, 3.63) is 23.6 Å². The molecule has 0 bridgehead atoms. The van der Waals surface area contributed by atoms with Crippen LogP contribution in [0.4, 0.5) is 0 Å². The van der Waals surface area contributed by atoms with E-state index in [1.54, 1.807) is 0 Å². The zero-order chi connectivity index (χ0) is 12.1. The third-order valence-corrected chi connectivity index (χ3v) is 3.56. The van der Waals surface area contributed by atoms with Gasteiger partial charge in [0.1, 0.15) is 0 Å². The standard InChI is InChI=1S/C15H28S/c1-4-6-8-9-10-11-12-13-15(3)16-14-7-5-2/h12-13H,3-11,14H2,1-2H3/b13-12+. The summed E-state index contributed by atoms with van der Waals surface area (Å²) in [5.41, 5.74) is 0. The van der Waals surface area contributed by atoms with Crippen LogP contribution in [0.1, 0.15) is 65.2 Å². The summed E-state index contributed by atoms with van der Waals surface area (Å²) >= 11 is 1.89. The van der Waals surface area contributed by atoms with Gasteiger partial charge in [-0.25, -0.2) is 0 Å². The molecule has 0 aliphatic rings. The van der Waals surface area contributed by atoms with Crippen molar-refractivity contribution in [3.8, 4) is 0 Å². The molecule has 0 aromatic rings. The van der Waals surface area contributed by atoms with E-state index in [9.17, 15) is 0 Å². The highest BCUT2D eigenvalue weighted by atomic mass is 32.2. The van der Waals surface area contributed by atoms with Gasteiger partial charge in [-0.3, -0.25) is 0 Å². The molecule has 0 aromatic carbocycles. The average Bonchev–Trinajstić information content (AvgIpc) is 2.28. The van der Waals surface area contributed by atoms with E-state index in [-0.39, 0.29) is 0 Å². The molecule has 94 valence electrons. The van der Waals surface area contributed by atoms with Crippen molar-refractivity contribution in [1.82, 2.24) is 0 Å². The van der Waals surface area contributed by atoms with Gasteiger partial charge < -0.3 is 0 Å². The smallest absolute Gasteiger partial charge is 0.000320 e. The molecule has 1 heteroatoms. The first-order valence-electron chi connectivity index (χ1n) is 6.79. The molecular weight excluding hydrogens is 212 g/mol. The second-order valence-corrected chi connectivity index (χ2v) is 5.49. The molecule has 0 rings (SSSR count). The maximum Gasteiger partial charge on any atom is -0.000320 e. The highest BCUT2D eigenvalue weighted by Gasteiger charge is 1.90. The Bertz CT molecular complexity index is 182. The molecule has 0 unspecified atom stereocenters. The first-order valence-corrected chi connectivity index (χ1v) is 7.78. The van der Waals surface area contributed by atoms with E-state index >= 15 is 0 Å². The third kappa shape index (κ3) is 11.9. The normalized spacial score (nSPS) is 11.1. The molecule has 0 aromatic heterocycles. The highest BCUT2D eigenvalue weighted by Crippen LogP contribution is 2.17. The van der Waals surface area contributed by atoms with Gasteiger partial charge in [-0.05, 0) is 29.9 Å². The van der Waals surface area contributed by atoms with E-state index in [2.05, 4.69) is 32.6 Å². The molecule has 0 N–H and O–H groups in total. The Morgan fingerprint density at radius 3 is 2.38 bits per heavy atom. The lowest BCUT2D eigenvalue weighted by Gasteiger charge is -1.99. The summed E-state index contributed by atoms with van der Waals surface area (Å²) in [5, 5.41) is 0. The van der Waals surface area contributed by atoms with Gasteiger partial charge in [-0.2, -0.15) is 0 Å². The summed E-state index contributed by atoms with van der Waals surface area (Å²) in [7, 11) is 0. The first kappa shape index (κ1) is 15.8. The summed E-state index contributed by atoms with van der Waals surface area (Å²) in [6.07, 6.45) is 15.1. The topological polar surface area (TPSA) is 0 Å². The van der Waals surface area contributed by atoms with Crippen LogP contribution in [0, 0.1) is 0 Å². The van der Waals surface area contributed by atoms with Crippen LogP contribution < -0.4 is 0 Å². The summed E-state index contributed by atoms with van der Waals surface area (Å²) < 4.78 is 0. The maximum atomic E-state index is 4.05. The number of hydrogen-bond acceptors (Lipinski definition) is 1. The van der Waals surface area contributed by atoms with Gasteiger partial charge in [0.15, 0.2) is 0 Å². The summed E-state index contributed by atoms with van der Waals surface area (Å²) in [4.78, 5) is 1.22. The zero-order valence-corrected chi connectivity index (χ0v) is 12.0. The Labute approximate surface area is 107 Å². The molecule has 0 aliphatic heterocycles. The van der Waals surface area contributed by atoms with Crippen molar-refractivity contribution in [2.24, 2.45) is 0 Å². The minimum absolute atomic E-state index is 1.22. The molecule has 0 saturated heterocycles. The Kier molecular flexibility index (Phi) is 12.8. The molecule has 16 heavy (non-hydrogen) atoms. The predicted molar refractivity (Wildman–Crippen MR) is 79.0 cm³/mol. The van der Waals surface area contributed by atoms with Crippen LogP contribution in [-0.4, -0.2) is 5.75 Å². The highest BCUT2D eigenvalue weighted by molar-refractivity contribution is 8.03. The van der Waals surface area contributed by atoms with Crippen molar-refractivity contribution in [2.45, 2.75) is 65.2 Å². The van der Waals surface area contributed by atoms with E-state index in [1.165, 1.54) is 62.0 Å². The van der Waals surface area contributed by atoms with Crippen molar-refractivity contribution >= 4 is 11.8 Å². The Hall–Kier alpha value is -0.170. The van der Waals surface area contributed by atoms with Gasteiger partial charge in [0, 0.05) is 0 Å². The summed E-state index contributed by atoms with van der Waals surface area (Å²) in [6, 6.07) is 0. The molecule has 0 aliphatic carbocycles. The lowest BCUT2D eigenvalue weighted by molar-refractivity contribution is 0.637. The lowest BCUT2D eigenvalue weighted by Crippen LogP contribution is -1.78. The van der Waals surface area contributed by atoms with Crippen molar-refractivity contribution in [3.63, 3.8) is 0 Å². The van der Waals surface area contributed by atoms with Gasteiger partial charge in [-0.1, -0.05) is 64.7 Å². The van der Waals surface area contributed by atoms with Crippen LogP contribution in [0.25, 0.3) is 0 Å². The number of allylic oxidation sites excluding steroid dienone is 2. The molecular formula is C15H28S. The number of rotatable bonds is 11. The molecule has 0 amide bonds. The molecule has 0 radical (unpaired) electrons. The minimum Gasteiger partial charge on any atom is -0.127 e. The summed E-state index contributed by atoms with van der Waals surface area (Å²) in [5.74, 6) is 1.22. The SMILES string of the molecule is C=C(/C=C/CCCCCCC)SCCCC. The summed E-state index contributed by atoms with van der Waals surface area (Å²) in [6.45, 7) is 8.54. The second-order valence-electron chi connectivity index (χ2n) is 4.27.